The second kappa shape index (κ2) is 8.13. The van der Waals surface area contributed by atoms with Gasteiger partial charge in [0.05, 0.1) is 0 Å². The van der Waals surface area contributed by atoms with Gasteiger partial charge in [0.25, 0.3) is 0 Å². The Bertz CT molecular complexity index is 1050. The molecule has 0 aliphatic carbocycles. The zero-order chi connectivity index (χ0) is 19.3. The Morgan fingerprint density at radius 3 is 2.64 bits per heavy atom. The molecule has 1 aliphatic heterocycles. The van der Waals surface area contributed by atoms with Crippen LogP contribution in [-0.2, 0) is 17.8 Å². The minimum atomic E-state index is -0.137. The van der Waals surface area contributed by atoms with Gasteiger partial charge in [0.2, 0.25) is 12.7 Å². The van der Waals surface area contributed by atoms with E-state index in [2.05, 4.69) is 36.2 Å². The lowest BCUT2D eigenvalue weighted by Crippen LogP contribution is -2.22. The number of nitrogens with zero attached hydrogens (tertiary/aromatic N) is 2. The number of rotatable bonds is 5. The molecule has 1 aromatic heterocycles. The Morgan fingerprint density at radius 1 is 1.00 bits per heavy atom. The molecule has 5 nitrogen and oxygen atoms in total. The van der Waals surface area contributed by atoms with Gasteiger partial charge in [-0.1, -0.05) is 42.0 Å². The predicted molar refractivity (Wildman–Crippen MR) is 106 cm³/mol. The minimum absolute atomic E-state index is 0.137. The quantitative estimate of drug-likeness (QED) is 0.685. The Labute approximate surface area is 163 Å². The molecule has 5 heteroatoms. The number of fused-ring (bicyclic) bond motifs is 1. The van der Waals surface area contributed by atoms with E-state index in [1.165, 1.54) is 11.1 Å². The van der Waals surface area contributed by atoms with Crippen LogP contribution >= 0.6 is 0 Å². The van der Waals surface area contributed by atoms with Gasteiger partial charge in [-0.2, -0.15) is 4.99 Å². The number of hydrogen-bond acceptors (Lipinski definition) is 3. The Morgan fingerprint density at radius 2 is 1.79 bits per heavy atom. The fourth-order valence-corrected chi connectivity index (χ4v) is 3.12. The van der Waals surface area contributed by atoms with E-state index in [-0.39, 0.29) is 12.7 Å². The van der Waals surface area contributed by atoms with Crippen molar-refractivity contribution in [2.75, 3.05) is 6.79 Å². The van der Waals surface area contributed by atoms with Crippen LogP contribution < -0.4 is 15.0 Å². The molecule has 1 aliphatic rings. The highest BCUT2D eigenvalue weighted by Gasteiger charge is 2.13. The maximum Gasteiger partial charge on any atom is 0.247 e. The maximum atomic E-state index is 12.4. The van der Waals surface area contributed by atoms with E-state index >= 15 is 0 Å². The van der Waals surface area contributed by atoms with Crippen molar-refractivity contribution < 1.29 is 14.3 Å². The van der Waals surface area contributed by atoms with Crippen LogP contribution in [0.5, 0.6) is 11.5 Å². The molecule has 0 saturated carbocycles. The van der Waals surface area contributed by atoms with Crippen molar-refractivity contribution in [2.45, 2.75) is 26.3 Å². The fourth-order valence-electron chi connectivity index (χ4n) is 3.12. The van der Waals surface area contributed by atoms with Gasteiger partial charge in [0.1, 0.15) is 5.49 Å². The molecule has 0 spiro atoms. The van der Waals surface area contributed by atoms with Crippen LogP contribution in [0.15, 0.2) is 71.9 Å². The lowest BCUT2D eigenvalue weighted by Gasteiger charge is -2.08. The molecule has 4 rings (SSSR count). The molecule has 1 amide bonds. The van der Waals surface area contributed by atoms with Gasteiger partial charge < -0.3 is 14.0 Å². The standard InChI is InChI=1S/C23H22N2O3/c1-17-5-7-19(8-6-17)15-25-13-3-2-4-22(25)24-23(26)12-10-18-9-11-20-21(14-18)28-16-27-20/h2-9,11,13-14H,10,12,15-16H2,1H3. The maximum absolute atomic E-state index is 12.4. The van der Waals surface area contributed by atoms with Gasteiger partial charge in [0.15, 0.2) is 11.5 Å². The first kappa shape index (κ1) is 18.0. The first-order chi connectivity index (χ1) is 13.7. The summed E-state index contributed by atoms with van der Waals surface area (Å²) in [5.41, 5.74) is 4.10. The first-order valence-electron chi connectivity index (χ1n) is 9.34. The SMILES string of the molecule is Cc1ccc(Cn2ccccc2=NC(=O)CCc2ccc3c(c2)OCO3)cc1. The number of amides is 1. The number of aromatic nitrogens is 1. The molecule has 0 saturated heterocycles. The molecule has 142 valence electrons. The van der Waals surface area contributed by atoms with E-state index in [0.29, 0.717) is 24.9 Å². The Balaban J connectivity index is 1.46. The van der Waals surface area contributed by atoms with Crippen molar-refractivity contribution >= 4 is 5.91 Å². The zero-order valence-electron chi connectivity index (χ0n) is 15.8. The van der Waals surface area contributed by atoms with Crippen molar-refractivity contribution in [1.82, 2.24) is 4.57 Å². The molecule has 0 fully saturated rings. The summed E-state index contributed by atoms with van der Waals surface area (Å²) in [5.74, 6) is 1.35. The average Bonchev–Trinajstić information content (AvgIpc) is 3.17. The number of aryl methyl sites for hydroxylation is 2. The summed E-state index contributed by atoms with van der Waals surface area (Å²) >= 11 is 0. The third kappa shape index (κ3) is 4.31. The van der Waals surface area contributed by atoms with E-state index in [9.17, 15) is 4.79 Å². The normalized spacial score (nSPS) is 13.0. The van der Waals surface area contributed by atoms with E-state index in [1.54, 1.807) is 0 Å². The molecule has 0 unspecified atom stereocenters. The third-order valence-corrected chi connectivity index (χ3v) is 4.69. The highest BCUT2D eigenvalue weighted by atomic mass is 16.7. The van der Waals surface area contributed by atoms with Gasteiger partial charge in [-0.15, -0.1) is 0 Å². The highest BCUT2D eigenvalue weighted by Crippen LogP contribution is 2.32. The van der Waals surface area contributed by atoms with Crippen molar-refractivity contribution in [1.29, 1.82) is 0 Å². The summed E-state index contributed by atoms with van der Waals surface area (Å²) in [7, 11) is 0. The number of hydrogen-bond donors (Lipinski definition) is 0. The predicted octanol–water partition coefficient (Wildman–Crippen LogP) is 3.63. The monoisotopic (exact) mass is 374 g/mol. The summed E-state index contributed by atoms with van der Waals surface area (Å²) in [4.78, 5) is 16.8. The summed E-state index contributed by atoms with van der Waals surface area (Å²) < 4.78 is 12.7. The van der Waals surface area contributed by atoms with Gasteiger partial charge in [-0.3, -0.25) is 4.79 Å². The number of ether oxygens (including phenoxy) is 2. The fraction of sp³-hybridized carbons (Fsp3) is 0.217. The van der Waals surface area contributed by atoms with E-state index in [1.807, 2.05) is 47.2 Å². The number of carbonyl (C=O) groups is 1. The summed E-state index contributed by atoms with van der Waals surface area (Å²) in [6, 6.07) is 19.9. The molecule has 0 N–H and O–H groups in total. The topological polar surface area (TPSA) is 52.8 Å². The Hall–Kier alpha value is -3.34. The summed E-state index contributed by atoms with van der Waals surface area (Å²) in [5, 5.41) is 0. The largest absolute Gasteiger partial charge is 0.454 e. The van der Waals surface area contributed by atoms with Crippen LogP contribution in [0.4, 0.5) is 0 Å². The number of benzene rings is 2. The molecule has 2 aromatic carbocycles. The molecule has 0 radical (unpaired) electrons. The average molecular weight is 374 g/mol. The van der Waals surface area contributed by atoms with Crippen LogP contribution in [0.1, 0.15) is 23.1 Å². The van der Waals surface area contributed by atoms with Crippen LogP contribution in [0.3, 0.4) is 0 Å². The first-order valence-corrected chi connectivity index (χ1v) is 9.34. The highest BCUT2D eigenvalue weighted by molar-refractivity contribution is 5.77. The molecular formula is C23H22N2O3. The minimum Gasteiger partial charge on any atom is -0.454 e. The second-order valence-electron chi connectivity index (χ2n) is 6.87. The summed E-state index contributed by atoms with van der Waals surface area (Å²) in [6.45, 7) is 3.00. The molecule has 28 heavy (non-hydrogen) atoms. The molecule has 2 heterocycles. The van der Waals surface area contributed by atoms with Gasteiger partial charge in [-0.25, -0.2) is 0 Å². The smallest absolute Gasteiger partial charge is 0.247 e. The molecule has 3 aromatic rings. The van der Waals surface area contributed by atoms with Crippen molar-refractivity contribution in [3.05, 3.63) is 89.0 Å². The van der Waals surface area contributed by atoms with E-state index in [4.69, 9.17) is 9.47 Å². The van der Waals surface area contributed by atoms with Gasteiger partial charge in [0, 0.05) is 19.2 Å². The number of carbonyl (C=O) groups excluding carboxylic acids is 1. The van der Waals surface area contributed by atoms with Crippen molar-refractivity contribution in [3.8, 4) is 11.5 Å². The van der Waals surface area contributed by atoms with E-state index < -0.39 is 0 Å². The van der Waals surface area contributed by atoms with Crippen molar-refractivity contribution in [3.63, 3.8) is 0 Å². The lowest BCUT2D eigenvalue weighted by atomic mass is 10.1. The lowest BCUT2D eigenvalue weighted by molar-refractivity contribution is -0.118. The van der Waals surface area contributed by atoms with Gasteiger partial charge >= 0.3 is 0 Å². The molecular weight excluding hydrogens is 352 g/mol. The van der Waals surface area contributed by atoms with Crippen molar-refractivity contribution in [2.24, 2.45) is 4.99 Å². The Kier molecular flexibility index (Phi) is 5.24. The van der Waals surface area contributed by atoms with E-state index in [0.717, 1.165) is 17.1 Å². The van der Waals surface area contributed by atoms with Gasteiger partial charge in [-0.05, 0) is 48.7 Å². The molecule has 0 bridgehead atoms. The molecule has 0 atom stereocenters. The van der Waals surface area contributed by atoms with Crippen LogP contribution in [-0.4, -0.2) is 17.3 Å². The summed E-state index contributed by atoms with van der Waals surface area (Å²) in [6.07, 6.45) is 2.91. The third-order valence-electron chi connectivity index (χ3n) is 4.69. The zero-order valence-corrected chi connectivity index (χ0v) is 15.8. The number of pyridine rings is 1. The van der Waals surface area contributed by atoms with Crippen LogP contribution in [0.2, 0.25) is 0 Å². The van der Waals surface area contributed by atoms with Crippen LogP contribution in [0.25, 0.3) is 0 Å². The second-order valence-corrected chi connectivity index (χ2v) is 6.87. The van der Waals surface area contributed by atoms with Crippen LogP contribution in [0, 0.1) is 6.92 Å².